The molecular formula is C17H20N2O5. The van der Waals surface area contributed by atoms with Gasteiger partial charge in [-0.3, -0.25) is 9.59 Å². The lowest BCUT2D eigenvalue weighted by atomic mass is 10.1. The maximum atomic E-state index is 12.1. The van der Waals surface area contributed by atoms with E-state index in [1.807, 2.05) is 24.3 Å². The standard InChI is InChI=1S/C17H20N2O5/c20-15-5-2-8-19(15)12-4-1-3-11(9-12)10-18-16(21)13-6-7-14(24-13)17(22)23/h1,3-4,9,13-14H,2,5-8,10H2,(H,18,21)(H,22,23)/t13-,14+/m0/s1. The Kier molecular flexibility index (Phi) is 4.80. The van der Waals surface area contributed by atoms with E-state index in [9.17, 15) is 14.4 Å². The van der Waals surface area contributed by atoms with Gasteiger partial charge in [0.25, 0.3) is 0 Å². The number of hydrogen-bond acceptors (Lipinski definition) is 4. The average Bonchev–Trinajstić information content (AvgIpc) is 3.22. The van der Waals surface area contributed by atoms with Crippen LogP contribution < -0.4 is 10.2 Å². The van der Waals surface area contributed by atoms with Gasteiger partial charge in [-0.25, -0.2) is 4.79 Å². The van der Waals surface area contributed by atoms with E-state index >= 15 is 0 Å². The molecule has 7 heteroatoms. The van der Waals surface area contributed by atoms with Crippen LogP contribution >= 0.6 is 0 Å². The van der Waals surface area contributed by atoms with Crippen LogP contribution in [0.15, 0.2) is 24.3 Å². The van der Waals surface area contributed by atoms with Gasteiger partial charge >= 0.3 is 5.97 Å². The average molecular weight is 332 g/mol. The van der Waals surface area contributed by atoms with Gasteiger partial charge in [0.05, 0.1) is 0 Å². The van der Waals surface area contributed by atoms with E-state index in [1.165, 1.54) is 0 Å². The minimum absolute atomic E-state index is 0.121. The third-order valence-electron chi connectivity index (χ3n) is 4.35. The molecule has 2 aliphatic heterocycles. The quantitative estimate of drug-likeness (QED) is 0.840. The molecule has 1 aromatic carbocycles. The fourth-order valence-electron chi connectivity index (χ4n) is 3.07. The molecule has 0 unspecified atom stereocenters. The largest absolute Gasteiger partial charge is 0.479 e. The molecule has 0 bridgehead atoms. The lowest BCUT2D eigenvalue weighted by Crippen LogP contribution is -2.35. The van der Waals surface area contributed by atoms with Crippen molar-refractivity contribution in [1.82, 2.24) is 5.32 Å². The minimum Gasteiger partial charge on any atom is -0.479 e. The summed E-state index contributed by atoms with van der Waals surface area (Å²) in [7, 11) is 0. The van der Waals surface area contributed by atoms with Crippen LogP contribution in [0.1, 0.15) is 31.2 Å². The molecule has 1 aromatic rings. The Balaban J connectivity index is 1.56. The van der Waals surface area contributed by atoms with Crippen molar-refractivity contribution in [1.29, 1.82) is 0 Å². The summed E-state index contributed by atoms with van der Waals surface area (Å²) in [4.78, 5) is 36.5. The number of amides is 2. The predicted octanol–water partition coefficient (Wildman–Crippen LogP) is 1.06. The highest BCUT2D eigenvalue weighted by Crippen LogP contribution is 2.23. The molecule has 0 aliphatic carbocycles. The summed E-state index contributed by atoms with van der Waals surface area (Å²) in [6, 6.07) is 7.50. The van der Waals surface area contributed by atoms with Crippen molar-refractivity contribution in [2.24, 2.45) is 0 Å². The first kappa shape index (κ1) is 16.4. The number of carboxylic acid groups (broad SMARTS) is 1. The van der Waals surface area contributed by atoms with Gasteiger partial charge in [-0.1, -0.05) is 12.1 Å². The molecular weight excluding hydrogens is 312 g/mol. The second-order valence-electron chi connectivity index (χ2n) is 6.07. The summed E-state index contributed by atoms with van der Waals surface area (Å²) in [6.07, 6.45) is 0.582. The van der Waals surface area contributed by atoms with Crippen molar-refractivity contribution in [2.75, 3.05) is 11.4 Å². The van der Waals surface area contributed by atoms with Crippen LogP contribution in [-0.2, 0) is 25.7 Å². The maximum absolute atomic E-state index is 12.1. The first-order valence-corrected chi connectivity index (χ1v) is 8.10. The van der Waals surface area contributed by atoms with E-state index in [0.29, 0.717) is 25.8 Å². The number of nitrogens with zero attached hydrogens (tertiary/aromatic N) is 1. The number of nitrogens with one attached hydrogen (secondary N) is 1. The lowest BCUT2D eigenvalue weighted by molar-refractivity contribution is -0.151. The maximum Gasteiger partial charge on any atom is 0.332 e. The zero-order valence-corrected chi connectivity index (χ0v) is 13.2. The molecule has 2 aliphatic rings. The zero-order chi connectivity index (χ0) is 17.1. The molecule has 2 amide bonds. The third-order valence-corrected chi connectivity index (χ3v) is 4.35. The van der Waals surface area contributed by atoms with Crippen LogP contribution in [-0.4, -0.2) is 41.6 Å². The van der Waals surface area contributed by atoms with Crippen LogP contribution in [0.3, 0.4) is 0 Å². The van der Waals surface area contributed by atoms with E-state index < -0.39 is 18.2 Å². The molecule has 0 saturated carbocycles. The van der Waals surface area contributed by atoms with E-state index in [-0.39, 0.29) is 11.8 Å². The number of carbonyl (C=O) groups is 3. The summed E-state index contributed by atoms with van der Waals surface area (Å²) in [5, 5.41) is 11.7. The Hall–Kier alpha value is -2.41. The van der Waals surface area contributed by atoms with Gasteiger partial charge in [0.2, 0.25) is 11.8 Å². The summed E-state index contributed by atoms with van der Waals surface area (Å²) in [6.45, 7) is 1.04. The molecule has 128 valence electrons. The summed E-state index contributed by atoms with van der Waals surface area (Å²) < 4.78 is 5.23. The van der Waals surface area contributed by atoms with Gasteiger partial charge in [-0.15, -0.1) is 0 Å². The second-order valence-corrected chi connectivity index (χ2v) is 6.07. The molecule has 0 aromatic heterocycles. The summed E-state index contributed by atoms with van der Waals surface area (Å²) >= 11 is 0. The number of carbonyl (C=O) groups excluding carboxylic acids is 2. The highest BCUT2D eigenvalue weighted by atomic mass is 16.5. The Labute approximate surface area is 139 Å². The van der Waals surface area contributed by atoms with E-state index in [2.05, 4.69) is 5.32 Å². The normalized spacial score (nSPS) is 23.5. The van der Waals surface area contributed by atoms with Crippen molar-refractivity contribution in [3.63, 3.8) is 0 Å². The van der Waals surface area contributed by atoms with E-state index in [4.69, 9.17) is 9.84 Å². The number of ether oxygens (including phenoxy) is 1. The molecule has 24 heavy (non-hydrogen) atoms. The molecule has 0 spiro atoms. The molecule has 0 radical (unpaired) electrons. The monoisotopic (exact) mass is 332 g/mol. The van der Waals surface area contributed by atoms with Crippen molar-refractivity contribution in [2.45, 2.75) is 44.4 Å². The van der Waals surface area contributed by atoms with Gasteiger partial charge in [0.1, 0.15) is 6.10 Å². The first-order valence-electron chi connectivity index (χ1n) is 8.10. The van der Waals surface area contributed by atoms with Crippen LogP contribution in [0.25, 0.3) is 0 Å². The van der Waals surface area contributed by atoms with Gasteiger partial charge in [-0.2, -0.15) is 0 Å². The highest BCUT2D eigenvalue weighted by molar-refractivity contribution is 5.95. The topological polar surface area (TPSA) is 95.9 Å². The van der Waals surface area contributed by atoms with E-state index in [0.717, 1.165) is 24.2 Å². The van der Waals surface area contributed by atoms with Gasteiger partial charge in [0, 0.05) is 25.2 Å². The number of carboxylic acids is 1. The Morgan fingerprint density at radius 2 is 2.08 bits per heavy atom. The minimum atomic E-state index is -1.03. The zero-order valence-electron chi connectivity index (χ0n) is 13.2. The number of rotatable bonds is 5. The van der Waals surface area contributed by atoms with Gasteiger partial charge in [0.15, 0.2) is 6.10 Å². The SMILES string of the molecule is O=C(NCc1cccc(N2CCCC2=O)c1)[C@@H]1CC[C@H](C(=O)O)O1. The summed E-state index contributed by atoms with van der Waals surface area (Å²) in [5.74, 6) is -1.22. The van der Waals surface area contributed by atoms with Crippen LogP contribution in [0.4, 0.5) is 5.69 Å². The highest BCUT2D eigenvalue weighted by Gasteiger charge is 2.34. The number of hydrogen-bond donors (Lipinski definition) is 2. The molecule has 2 fully saturated rings. The van der Waals surface area contributed by atoms with Crippen molar-refractivity contribution in [3.8, 4) is 0 Å². The molecule has 2 saturated heterocycles. The Bertz CT molecular complexity index is 660. The Morgan fingerprint density at radius 1 is 1.29 bits per heavy atom. The predicted molar refractivity (Wildman–Crippen MR) is 85.4 cm³/mol. The van der Waals surface area contributed by atoms with Gasteiger partial charge < -0.3 is 20.1 Å². The number of aliphatic carboxylic acids is 1. The number of anilines is 1. The fourth-order valence-corrected chi connectivity index (χ4v) is 3.07. The van der Waals surface area contributed by atoms with Crippen LogP contribution in [0.5, 0.6) is 0 Å². The van der Waals surface area contributed by atoms with Gasteiger partial charge in [-0.05, 0) is 37.0 Å². The molecule has 2 atom stereocenters. The van der Waals surface area contributed by atoms with Crippen LogP contribution in [0.2, 0.25) is 0 Å². The smallest absolute Gasteiger partial charge is 0.332 e. The van der Waals surface area contributed by atoms with Crippen molar-refractivity contribution < 1.29 is 24.2 Å². The molecule has 3 rings (SSSR count). The van der Waals surface area contributed by atoms with Crippen LogP contribution in [0, 0.1) is 0 Å². The molecule has 2 heterocycles. The molecule has 2 N–H and O–H groups in total. The summed E-state index contributed by atoms with van der Waals surface area (Å²) in [5.41, 5.74) is 1.72. The Morgan fingerprint density at radius 3 is 2.75 bits per heavy atom. The van der Waals surface area contributed by atoms with Crippen molar-refractivity contribution in [3.05, 3.63) is 29.8 Å². The first-order chi connectivity index (χ1) is 11.5. The fraction of sp³-hybridized carbons (Fsp3) is 0.471. The van der Waals surface area contributed by atoms with Crippen molar-refractivity contribution >= 4 is 23.5 Å². The lowest BCUT2D eigenvalue weighted by Gasteiger charge is -2.17. The third kappa shape index (κ3) is 3.56. The van der Waals surface area contributed by atoms with E-state index in [1.54, 1.807) is 4.90 Å². The number of benzene rings is 1. The second kappa shape index (κ2) is 7.00. The molecule has 7 nitrogen and oxygen atoms in total.